The third-order valence-corrected chi connectivity index (χ3v) is 4.30. The molecule has 3 heteroatoms. The number of hydrogen-bond acceptors (Lipinski definition) is 3. The van der Waals surface area contributed by atoms with Crippen molar-refractivity contribution in [3.8, 4) is 0 Å². The lowest BCUT2D eigenvalue weighted by atomic mass is 9.94. The summed E-state index contributed by atoms with van der Waals surface area (Å²) >= 11 is 1.80. The van der Waals surface area contributed by atoms with Gasteiger partial charge in [-0.3, -0.25) is 4.98 Å². The zero-order chi connectivity index (χ0) is 11.0. The average molecular weight is 231 g/mol. The Kier molecular flexibility index (Phi) is 2.37. The van der Waals surface area contributed by atoms with Gasteiger partial charge in [-0.05, 0) is 24.3 Å². The van der Waals surface area contributed by atoms with Crippen LogP contribution in [0.4, 0.5) is 0 Å². The molecule has 1 aliphatic heterocycles. The van der Waals surface area contributed by atoms with E-state index in [1.54, 1.807) is 11.8 Å². The van der Waals surface area contributed by atoms with Crippen LogP contribution in [0, 0.1) is 0 Å². The van der Waals surface area contributed by atoms with E-state index in [1.807, 2.05) is 30.5 Å². The van der Waals surface area contributed by atoms with E-state index in [-0.39, 0.29) is 0 Å². The molecule has 2 aromatic rings. The largest absolute Gasteiger partial charge is 0.384 e. The maximum Gasteiger partial charge on any atom is 0.101 e. The van der Waals surface area contributed by atoms with Gasteiger partial charge in [0.2, 0.25) is 0 Å². The minimum atomic E-state index is -0.665. The van der Waals surface area contributed by atoms with Crippen molar-refractivity contribution in [2.45, 2.75) is 12.0 Å². The smallest absolute Gasteiger partial charge is 0.101 e. The summed E-state index contributed by atoms with van der Waals surface area (Å²) in [6.07, 6.45) is 2.64. The Bertz CT molecular complexity index is 520. The number of rotatable bonds is 1. The van der Waals surface area contributed by atoms with Crippen LogP contribution in [0.5, 0.6) is 0 Å². The predicted molar refractivity (Wildman–Crippen MR) is 67.6 cm³/mol. The molecule has 1 saturated heterocycles. The highest BCUT2D eigenvalue weighted by Gasteiger charge is 2.33. The molecule has 0 amide bonds. The summed E-state index contributed by atoms with van der Waals surface area (Å²) in [7, 11) is 0. The Labute approximate surface area is 98.7 Å². The van der Waals surface area contributed by atoms with Crippen molar-refractivity contribution in [3.63, 3.8) is 0 Å². The summed E-state index contributed by atoms with van der Waals surface area (Å²) in [6, 6.07) is 10.1. The fourth-order valence-electron chi connectivity index (χ4n) is 2.11. The van der Waals surface area contributed by atoms with Crippen LogP contribution in [0.1, 0.15) is 12.0 Å². The highest BCUT2D eigenvalue weighted by molar-refractivity contribution is 7.99. The van der Waals surface area contributed by atoms with E-state index in [4.69, 9.17) is 0 Å². The van der Waals surface area contributed by atoms with Gasteiger partial charge in [-0.15, -0.1) is 0 Å². The number of aromatic nitrogens is 1. The maximum atomic E-state index is 10.5. The number of fused-ring (bicyclic) bond motifs is 1. The molecule has 1 atom stereocenters. The van der Waals surface area contributed by atoms with Crippen molar-refractivity contribution in [2.24, 2.45) is 0 Å². The van der Waals surface area contributed by atoms with E-state index in [2.05, 4.69) is 11.1 Å². The minimum Gasteiger partial charge on any atom is -0.384 e. The average Bonchev–Trinajstić information content (AvgIpc) is 2.77. The molecule has 1 unspecified atom stereocenters. The second kappa shape index (κ2) is 3.75. The molecule has 16 heavy (non-hydrogen) atoms. The molecule has 1 aromatic heterocycles. The summed E-state index contributed by atoms with van der Waals surface area (Å²) in [6.45, 7) is 0. The Morgan fingerprint density at radius 1 is 1.31 bits per heavy atom. The summed E-state index contributed by atoms with van der Waals surface area (Å²) < 4.78 is 0. The Morgan fingerprint density at radius 2 is 2.19 bits per heavy atom. The van der Waals surface area contributed by atoms with Gasteiger partial charge in [-0.2, -0.15) is 11.8 Å². The molecular formula is C13H13NOS. The summed E-state index contributed by atoms with van der Waals surface area (Å²) in [4.78, 5) is 4.40. The van der Waals surface area contributed by atoms with Gasteiger partial charge in [0.1, 0.15) is 5.60 Å². The zero-order valence-electron chi connectivity index (χ0n) is 8.89. The molecule has 2 heterocycles. The number of aliphatic hydroxyl groups is 1. The predicted octanol–water partition coefficient (Wildman–Crippen LogP) is 2.56. The molecule has 1 N–H and O–H groups in total. The fourth-order valence-corrected chi connectivity index (χ4v) is 3.38. The number of para-hydroxylation sites is 1. The first-order valence-electron chi connectivity index (χ1n) is 5.43. The second-order valence-electron chi connectivity index (χ2n) is 4.25. The van der Waals surface area contributed by atoms with Gasteiger partial charge in [0.05, 0.1) is 5.52 Å². The van der Waals surface area contributed by atoms with Gasteiger partial charge < -0.3 is 5.11 Å². The van der Waals surface area contributed by atoms with Crippen LogP contribution in [-0.2, 0) is 5.60 Å². The molecule has 0 aliphatic carbocycles. The van der Waals surface area contributed by atoms with Crippen LogP contribution in [0.2, 0.25) is 0 Å². The third-order valence-electron chi connectivity index (χ3n) is 3.13. The van der Waals surface area contributed by atoms with E-state index in [0.717, 1.165) is 34.4 Å². The normalized spacial score (nSPS) is 25.1. The highest BCUT2D eigenvalue weighted by Crippen LogP contribution is 2.37. The molecule has 1 aliphatic rings. The van der Waals surface area contributed by atoms with Crippen molar-refractivity contribution in [1.82, 2.24) is 4.98 Å². The van der Waals surface area contributed by atoms with E-state index >= 15 is 0 Å². The number of pyridine rings is 1. The lowest BCUT2D eigenvalue weighted by Crippen LogP contribution is -2.24. The quantitative estimate of drug-likeness (QED) is 0.818. The van der Waals surface area contributed by atoms with Crippen molar-refractivity contribution in [3.05, 3.63) is 42.1 Å². The first kappa shape index (κ1) is 10.1. The zero-order valence-corrected chi connectivity index (χ0v) is 9.70. The fraction of sp³-hybridized carbons (Fsp3) is 0.308. The molecule has 2 nitrogen and oxygen atoms in total. The minimum absolute atomic E-state index is 0.665. The van der Waals surface area contributed by atoms with E-state index in [0.29, 0.717) is 0 Å². The van der Waals surface area contributed by atoms with E-state index in [9.17, 15) is 5.11 Å². The molecular weight excluding hydrogens is 218 g/mol. The van der Waals surface area contributed by atoms with Crippen LogP contribution in [0.15, 0.2) is 36.5 Å². The summed E-state index contributed by atoms with van der Waals surface area (Å²) in [5.74, 6) is 1.82. The highest BCUT2D eigenvalue weighted by atomic mass is 32.2. The lowest BCUT2D eigenvalue weighted by molar-refractivity contribution is 0.0656. The SMILES string of the molecule is OC1(c2cnc3ccccc3c2)CCSC1. The number of hydrogen-bond donors (Lipinski definition) is 1. The summed E-state index contributed by atoms with van der Waals surface area (Å²) in [5.41, 5.74) is 1.28. The molecule has 0 bridgehead atoms. The van der Waals surface area contributed by atoms with Crippen molar-refractivity contribution in [1.29, 1.82) is 0 Å². The number of benzene rings is 1. The molecule has 82 valence electrons. The van der Waals surface area contributed by atoms with Crippen LogP contribution in [-0.4, -0.2) is 21.6 Å². The van der Waals surface area contributed by atoms with Crippen LogP contribution in [0.3, 0.4) is 0 Å². The van der Waals surface area contributed by atoms with Gasteiger partial charge in [-0.1, -0.05) is 18.2 Å². The number of nitrogens with zero attached hydrogens (tertiary/aromatic N) is 1. The molecule has 1 aromatic carbocycles. The lowest BCUT2D eigenvalue weighted by Gasteiger charge is -2.21. The summed E-state index contributed by atoms with van der Waals surface area (Å²) in [5, 5.41) is 11.6. The van der Waals surface area contributed by atoms with Gasteiger partial charge in [0.15, 0.2) is 0 Å². The van der Waals surface area contributed by atoms with E-state index in [1.165, 1.54) is 0 Å². The van der Waals surface area contributed by atoms with Crippen molar-refractivity contribution < 1.29 is 5.11 Å². The van der Waals surface area contributed by atoms with Crippen LogP contribution < -0.4 is 0 Å². The second-order valence-corrected chi connectivity index (χ2v) is 5.36. The first-order chi connectivity index (χ1) is 7.78. The van der Waals surface area contributed by atoms with Crippen molar-refractivity contribution in [2.75, 3.05) is 11.5 Å². The van der Waals surface area contributed by atoms with Crippen LogP contribution >= 0.6 is 11.8 Å². The molecule has 0 spiro atoms. The Morgan fingerprint density at radius 3 is 3.00 bits per heavy atom. The maximum absolute atomic E-state index is 10.5. The molecule has 3 rings (SSSR count). The first-order valence-corrected chi connectivity index (χ1v) is 6.59. The monoisotopic (exact) mass is 231 g/mol. The molecule has 0 radical (unpaired) electrons. The topological polar surface area (TPSA) is 33.1 Å². The Balaban J connectivity index is 2.11. The Hall–Kier alpha value is -1.06. The molecule has 1 fully saturated rings. The van der Waals surface area contributed by atoms with Crippen LogP contribution in [0.25, 0.3) is 10.9 Å². The van der Waals surface area contributed by atoms with Gasteiger partial charge in [0.25, 0.3) is 0 Å². The third kappa shape index (κ3) is 1.60. The van der Waals surface area contributed by atoms with Gasteiger partial charge in [-0.25, -0.2) is 0 Å². The van der Waals surface area contributed by atoms with Gasteiger partial charge >= 0.3 is 0 Å². The van der Waals surface area contributed by atoms with E-state index < -0.39 is 5.60 Å². The van der Waals surface area contributed by atoms with Gasteiger partial charge in [0, 0.05) is 22.9 Å². The number of thioether (sulfide) groups is 1. The van der Waals surface area contributed by atoms with Crippen molar-refractivity contribution >= 4 is 22.7 Å². The standard InChI is InChI=1S/C13H13NOS/c15-13(5-6-16-9-13)11-7-10-3-1-2-4-12(10)14-8-11/h1-4,7-8,15H,5-6,9H2. The molecule has 0 saturated carbocycles.